The molecule has 7 nitrogen and oxygen atoms in total. The molecule has 2 unspecified atom stereocenters. The van der Waals surface area contributed by atoms with Crippen molar-refractivity contribution < 1.29 is 17.9 Å². The molecule has 1 fully saturated rings. The normalized spacial score (nSPS) is 20.3. The fraction of sp³-hybridized carbons (Fsp3) is 0.632. The van der Waals surface area contributed by atoms with Crippen molar-refractivity contribution in [2.24, 2.45) is 5.92 Å². The highest BCUT2D eigenvalue weighted by molar-refractivity contribution is 7.89. The van der Waals surface area contributed by atoms with Crippen LogP contribution in [0.25, 0.3) is 0 Å². The van der Waals surface area contributed by atoms with Crippen LogP contribution in [0.4, 0.5) is 5.69 Å². The molecule has 0 radical (unpaired) electrons. The SMILES string of the molecule is CCOc1ccc(NCC(=O)NC2CCCCC2C)cc1S(=O)(=O)N(C)C. The van der Waals surface area contributed by atoms with E-state index in [2.05, 4.69) is 17.6 Å². The lowest BCUT2D eigenvalue weighted by Crippen LogP contribution is -2.43. The highest BCUT2D eigenvalue weighted by Gasteiger charge is 2.24. The van der Waals surface area contributed by atoms with E-state index in [1.165, 1.54) is 26.6 Å². The van der Waals surface area contributed by atoms with Gasteiger partial charge >= 0.3 is 0 Å². The van der Waals surface area contributed by atoms with Crippen molar-refractivity contribution in [1.82, 2.24) is 9.62 Å². The molecular formula is C19H31N3O4S. The lowest BCUT2D eigenvalue weighted by molar-refractivity contribution is -0.120. The van der Waals surface area contributed by atoms with Crippen LogP contribution in [0.15, 0.2) is 23.1 Å². The first-order valence-corrected chi connectivity index (χ1v) is 10.9. The van der Waals surface area contributed by atoms with Crippen LogP contribution in [-0.2, 0) is 14.8 Å². The number of nitrogens with zero attached hydrogens (tertiary/aromatic N) is 1. The van der Waals surface area contributed by atoms with Crippen LogP contribution in [0.3, 0.4) is 0 Å². The second-order valence-electron chi connectivity index (χ2n) is 7.17. The van der Waals surface area contributed by atoms with Gasteiger partial charge in [0.05, 0.1) is 13.2 Å². The van der Waals surface area contributed by atoms with Crippen molar-refractivity contribution in [3.05, 3.63) is 18.2 Å². The molecule has 0 aliphatic heterocycles. The third-order valence-electron chi connectivity index (χ3n) is 4.91. The van der Waals surface area contributed by atoms with Crippen LogP contribution >= 0.6 is 0 Å². The Morgan fingerprint density at radius 2 is 1.96 bits per heavy atom. The third-order valence-corrected chi connectivity index (χ3v) is 6.75. The van der Waals surface area contributed by atoms with Crippen LogP contribution < -0.4 is 15.4 Å². The number of carbonyl (C=O) groups excluding carboxylic acids is 1. The maximum Gasteiger partial charge on any atom is 0.246 e. The summed E-state index contributed by atoms with van der Waals surface area (Å²) in [5, 5.41) is 6.10. The van der Waals surface area contributed by atoms with E-state index in [0.29, 0.717) is 24.0 Å². The van der Waals surface area contributed by atoms with Crippen molar-refractivity contribution in [3.8, 4) is 5.75 Å². The van der Waals surface area contributed by atoms with Gasteiger partial charge in [0, 0.05) is 25.8 Å². The molecule has 152 valence electrons. The predicted molar refractivity (Wildman–Crippen MR) is 107 cm³/mol. The summed E-state index contributed by atoms with van der Waals surface area (Å²) in [6.07, 6.45) is 4.53. The van der Waals surface area contributed by atoms with Gasteiger partial charge in [0.15, 0.2) is 0 Å². The largest absolute Gasteiger partial charge is 0.492 e. The second kappa shape index (κ2) is 9.41. The van der Waals surface area contributed by atoms with Gasteiger partial charge in [0.1, 0.15) is 10.6 Å². The van der Waals surface area contributed by atoms with Crippen LogP contribution in [0.1, 0.15) is 39.5 Å². The number of amides is 1. The predicted octanol–water partition coefficient (Wildman–Crippen LogP) is 2.44. The van der Waals surface area contributed by atoms with E-state index in [0.717, 1.165) is 23.6 Å². The summed E-state index contributed by atoms with van der Waals surface area (Å²) in [5.74, 6) is 0.710. The number of anilines is 1. The van der Waals surface area contributed by atoms with Crippen LogP contribution in [-0.4, -0.2) is 51.9 Å². The summed E-state index contributed by atoms with van der Waals surface area (Å²) in [4.78, 5) is 12.3. The Bertz CT molecular complexity index is 749. The Balaban J connectivity index is 2.07. The van der Waals surface area contributed by atoms with E-state index in [-0.39, 0.29) is 23.4 Å². The van der Waals surface area contributed by atoms with Crippen LogP contribution in [0.2, 0.25) is 0 Å². The molecule has 0 heterocycles. The molecule has 8 heteroatoms. The molecule has 0 spiro atoms. The molecule has 27 heavy (non-hydrogen) atoms. The number of carbonyl (C=O) groups is 1. The summed E-state index contributed by atoms with van der Waals surface area (Å²) in [6.45, 7) is 4.43. The fourth-order valence-electron chi connectivity index (χ4n) is 3.26. The minimum atomic E-state index is -3.65. The maximum absolute atomic E-state index is 12.6. The Morgan fingerprint density at radius 3 is 2.59 bits per heavy atom. The molecular weight excluding hydrogens is 366 g/mol. The molecule has 0 saturated heterocycles. The molecule has 2 rings (SSSR count). The van der Waals surface area contributed by atoms with Crippen molar-refractivity contribution in [2.45, 2.75) is 50.5 Å². The molecule has 2 N–H and O–H groups in total. The van der Waals surface area contributed by atoms with E-state index in [9.17, 15) is 13.2 Å². The quantitative estimate of drug-likeness (QED) is 0.703. The summed E-state index contributed by atoms with van der Waals surface area (Å²) >= 11 is 0. The number of nitrogens with one attached hydrogen (secondary N) is 2. The minimum Gasteiger partial charge on any atom is -0.492 e. The summed E-state index contributed by atoms with van der Waals surface area (Å²) in [5.41, 5.74) is 0.561. The topological polar surface area (TPSA) is 87.7 Å². The number of benzene rings is 1. The Hall–Kier alpha value is -1.80. The highest BCUT2D eigenvalue weighted by atomic mass is 32.2. The zero-order valence-electron chi connectivity index (χ0n) is 16.6. The number of sulfonamides is 1. The van der Waals surface area contributed by atoms with Gasteiger partial charge in [-0.05, 0) is 43.9 Å². The van der Waals surface area contributed by atoms with Crippen molar-refractivity contribution in [1.29, 1.82) is 0 Å². The molecule has 1 aromatic carbocycles. The van der Waals surface area contributed by atoms with E-state index in [1.807, 2.05) is 0 Å². The molecule has 2 atom stereocenters. The van der Waals surface area contributed by atoms with Gasteiger partial charge in [-0.15, -0.1) is 0 Å². The van der Waals surface area contributed by atoms with E-state index in [4.69, 9.17) is 4.74 Å². The number of hydrogen-bond donors (Lipinski definition) is 2. The van der Waals surface area contributed by atoms with Gasteiger partial charge in [-0.2, -0.15) is 0 Å². The summed E-state index contributed by atoms with van der Waals surface area (Å²) in [6, 6.07) is 5.06. The zero-order valence-corrected chi connectivity index (χ0v) is 17.4. The van der Waals surface area contributed by atoms with Crippen molar-refractivity contribution >= 4 is 21.6 Å². The van der Waals surface area contributed by atoms with Crippen LogP contribution in [0.5, 0.6) is 5.75 Å². The monoisotopic (exact) mass is 397 g/mol. The zero-order chi connectivity index (χ0) is 20.0. The number of rotatable bonds is 8. The van der Waals surface area contributed by atoms with Gasteiger partial charge in [0.2, 0.25) is 15.9 Å². The van der Waals surface area contributed by atoms with Gasteiger partial charge in [-0.25, -0.2) is 12.7 Å². The first kappa shape index (κ1) is 21.5. The average molecular weight is 398 g/mol. The standard InChI is InChI=1S/C19H31N3O4S/c1-5-26-17-11-10-15(12-18(17)27(24,25)22(3)4)20-13-19(23)21-16-9-7-6-8-14(16)2/h10-12,14,16,20H,5-9,13H2,1-4H3,(H,21,23). The van der Waals surface area contributed by atoms with Crippen LogP contribution in [0, 0.1) is 5.92 Å². The third kappa shape index (κ3) is 5.59. The highest BCUT2D eigenvalue weighted by Crippen LogP contribution is 2.29. The second-order valence-corrected chi connectivity index (χ2v) is 9.29. The van der Waals surface area contributed by atoms with Gasteiger partial charge in [0.25, 0.3) is 0 Å². The van der Waals surface area contributed by atoms with E-state index >= 15 is 0 Å². The average Bonchev–Trinajstić information content (AvgIpc) is 2.62. The van der Waals surface area contributed by atoms with E-state index in [1.54, 1.807) is 19.1 Å². The van der Waals surface area contributed by atoms with Crippen molar-refractivity contribution in [2.75, 3.05) is 32.6 Å². The lowest BCUT2D eigenvalue weighted by Gasteiger charge is -2.29. The molecule has 0 aromatic heterocycles. The number of ether oxygens (including phenoxy) is 1. The summed E-state index contributed by atoms with van der Waals surface area (Å²) in [7, 11) is -0.701. The lowest BCUT2D eigenvalue weighted by atomic mass is 9.86. The molecule has 1 aromatic rings. The summed E-state index contributed by atoms with van der Waals surface area (Å²) < 4.78 is 31.7. The first-order chi connectivity index (χ1) is 12.8. The van der Waals surface area contributed by atoms with E-state index < -0.39 is 10.0 Å². The molecule has 1 amide bonds. The molecule has 1 saturated carbocycles. The smallest absolute Gasteiger partial charge is 0.246 e. The van der Waals surface area contributed by atoms with Gasteiger partial charge < -0.3 is 15.4 Å². The number of hydrogen-bond acceptors (Lipinski definition) is 5. The maximum atomic E-state index is 12.6. The van der Waals surface area contributed by atoms with Gasteiger partial charge in [-0.1, -0.05) is 19.8 Å². The van der Waals surface area contributed by atoms with Gasteiger partial charge in [-0.3, -0.25) is 4.79 Å². The fourth-order valence-corrected chi connectivity index (χ4v) is 4.31. The Labute approximate surface area is 162 Å². The Morgan fingerprint density at radius 1 is 1.26 bits per heavy atom. The molecule has 1 aliphatic carbocycles. The minimum absolute atomic E-state index is 0.0837. The molecule has 1 aliphatic rings. The van der Waals surface area contributed by atoms with Crippen molar-refractivity contribution in [3.63, 3.8) is 0 Å². The molecule has 0 bridgehead atoms. The Kier molecular flexibility index (Phi) is 7.49. The first-order valence-electron chi connectivity index (χ1n) is 9.48.